The molecule has 90 valence electrons. The maximum atomic E-state index is 12.1. The molecule has 1 heterocycles. The Morgan fingerprint density at radius 1 is 0.933 bits per heavy atom. The van der Waals surface area contributed by atoms with Crippen LogP contribution in [-0.4, -0.2) is 19.4 Å². The minimum absolute atomic E-state index is 0.104. The SMILES string of the molecule is CC(C)(C)C1CC(C(C)(C)C)S(=O)(=O)C1. The third-order valence-corrected chi connectivity index (χ3v) is 6.19. The predicted molar refractivity (Wildman–Crippen MR) is 64.6 cm³/mol. The van der Waals surface area contributed by atoms with Gasteiger partial charge in [-0.3, -0.25) is 0 Å². The molecule has 1 aliphatic rings. The summed E-state index contributed by atoms with van der Waals surface area (Å²) in [5.41, 5.74) is -0.0219. The van der Waals surface area contributed by atoms with Crippen molar-refractivity contribution in [1.82, 2.24) is 0 Å². The van der Waals surface area contributed by atoms with E-state index in [0.717, 1.165) is 6.42 Å². The molecule has 0 radical (unpaired) electrons. The van der Waals surface area contributed by atoms with Crippen molar-refractivity contribution in [2.75, 3.05) is 5.75 Å². The monoisotopic (exact) mass is 232 g/mol. The predicted octanol–water partition coefficient (Wildman–Crippen LogP) is 2.88. The Kier molecular flexibility index (Phi) is 3.01. The van der Waals surface area contributed by atoms with E-state index in [9.17, 15) is 8.42 Å². The molecule has 2 unspecified atom stereocenters. The number of hydrogen-bond donors (Lipinski definition) is 0. The van der Waals surface area contributed by atoms with E-state index in [0.29, 0.717) is 11.7 Å². The first-order valence-electron chi connectivity index (χ1n) is 5.66. The molecule has 0 aromatic carbocycles. The topological polar surface area (TPSA) is 34.1 Å². The zero-order chi connectivity index (χ0) is 12.1. The van der Waals surface area contributed by atoms with Crippen LogP contribution in [0.15, 0.2) is 0 Å². The van der Waals surface area contributed by atoms with E-state index in [-0.39, 0.29) is 16.1 Å². The van der Waals surface area contributed by atoms with E-state index in [2.05, 4.69) is 20.8 Å². The molecule has 3 heteroatoms. The van der Waals surface area contributed by atoms with Crippen molar-refractivity contribution >= 4 is 9.84 Å². The molecule has 2 nitrogen and oxygen atoms in total. The fourth-order valence-corrected chi connectivity index (χ4v) is 5.40. The summed E-state index contributed by atoms with van der Waals surface area (Å²) in [5.74, 6) is 0.685. The van der Waals surface area contributed by atoms with E-state index in [1.807, 2.05) is 20.8 Å². The summed E-state index contributed by atoms with van der Waals surface area (Å²) in [7, 11) is -2.88. The van der Waals surface area contributed by atoms with Gasteiger partial charge < -0.3 is 0 Å². The van der Waals surface area contributed by atoms with Crippen LogP contribution in [0.3, 0.4) is 0 Å². The molecule has 0 aromatic heterocycles. The van der Waals surface area contributed by atoms with E-state index >= 15 is 0 Å². The van der Waals surface area contributed by atoms with Crippen LogP contribution in [-0.2, 0) is 9.84 Å². The molecule has 1 fully saturated rings. The van der Waals surface area contributed by atoms with Gasteiger partial charge in [0.05, 0.1) is 11.0 Å². The molecule has 0 N–H and O–H groups in total. The third kappa shape index (κ3) is 2.74. The summed E-state index contributed by atoms with van der Waals surface area (Å²) in [6.45, 7) is 12.5. The lowest BCUT2D eigenvalue weighted by molar-refractivity contribution is 0.237. The second-order valence-electron chi connectivity index (χ2n) is 6.98. The molecule has 15 heavy (non-hydrogen) atoms. The van der Waals surface area contributed by atoms with Crippen LogP contribution in [0.1, 0.15) is 48.0 Å². The Bertz CT molecular complexity index is 328. The highest BCUT2D eigenvalue weighted by atomic mass is 32.2. The number of rotatable bonds is 0. The average Bonchev–Trinajstić information content (AvgIpc) is 2.22. The molecule has 1 aliphatic heterocycles. The minimum atomic E-state index is -2.88. The van der Waals surface area contributed by atoms with E-state index in [1.165, 1.54) is 0 Å². The van der Waals surface area contributed by atoms with Crippen LogP contribution >= 0.6 is 0 Å². The molecular weight excluding hydrogens is 208 g/mol. The normalized spacial score (nSPS) is 31.9. The van der Waals surface area contributed by atoms with Gasteiger partial charge in [-0.2, -0.15) is 0 Å². The first-order chi connectivity index (χ1) is 6.44. The van der Waals surface area contributed by atoms with Gasteiger partial charge in [0.1, 0.15) is 0 Å². The van der Waals surface area contributed by atoms with Gasteiger partial charge in [-0.15, -0.1) is 0 Å². The highest BCUT2D eigenvalue weighted by molar-refractivity contribution is 7.92. The Balaban J connectivity index is 2.98. The molecule has 1 rings (SSSR count). The summed E-state index contributed by atoms with van der Waals surface area (Å²) >= 11 is 0. The zero-order valence-corrected chi connectivity index (χ0v) is 11.6. The molecule has 2 atom stereocenters. The van der Waals surface area contributed by atoms with Gasteiger partial charge in [0, 0.05) is 0 Å². The van der Waals surface area contributed by atoms with Crippen LogP contribution in [0.25, 0.3) is 0 Å². The second-order valence-corrected chi connectivity index (χ2v) is 9.21. The maximum absolute atomic E-state index is 12.1. The molecule has 1 saturated heterocycles. The lowest BCUT2D eigenvalue weighted by Crippen LogP contribution is -2.30. The van der Waals surface area contributed by atoms with Gasteiger partial charge in [-0.05, 0) is 23.2 Å². The van der Waals surface area contributed by atoms with E-state index < -0.39 is 9.84 Å². The summed E-state index contributed by atoms with van der Waals surface area (Å²) < 4.78 is 24.1. The Hall–Kier alpha value is -0.0500. The maximum Gasteiger partial charge on any atom is 0.153 e. The van der Waals surface area contributed by atoms with Crippen molar-refractivity contribution in [3.8, 4) is 0 Å². The third-order valence-electron chi connectivity index (χ3n) is 3.56. The quantitative estimate of drug-likeness (QED) is 0.643. The zero-order valence-electron chi connectivity index (χ0n) is 10.8. The first kappa shape index (κ1) is 13.0. The van der Waals surface area contributed by atoms with Gasteiger partial charge in [-0.25, -0.2) is 8.42 Å². The minimum Gasteiger partial charge on any atom is -0.229 e. The van der Waals surface area contributed by atoms with Gasteiger partial charge in [0.25, 0.3) is 0 Å². The lowest BCUT2D eigenvalue weighted by atomic mass is 9.76. The van der Waals surface area contributed by atoms with Crippen LogP contribution in [0, 0.1) is 16.7 Å². The number of hydrogen-bond acceptors (Lipinski definition) is 2. The van der Waals surface area contributed by atoms with Crippen molar-refractivity contribution in [1.29, 1.82) is 0 Å². The lowest BCUT2D eigenvalue weighted by Gasteiger charge is -2.28. The Morgan fingerprint density at radius 2 is 1.40 bits per heavy atom. The summed E-state index contributed by atoms with van der Waals surface area (Å²) in [6, 6.07) is 0. The van der Waals surface area contributed by atoms with Crippen LogP contribution in [0.5, 0.6) is 0 Å². The first-order valence-corrected chi connectivity index (χ1v) is 7.38. The standard InChI is InChI=1S/C12H24O2S/c1-11(2,3)9-7-10(12(4,5)6)15(13,14)8-9/h9-10H,7-8H2,1-6H3. The Morgan fingerprint density at radius 3 is 1.60 bits per heavy atom. The average molecular weight is 232 g/mol. The van der Waals surface area contributed by atoms with Crippen LogP contribution in [0.2, 0.25) is 0 Å². The van der Waals surface area contributed by atoms with Crippen LogP contribution in [0.4, 0.5) is 0 Å². The summed E-state index contributed by atoms with van der Waals surface area (Å²) in [6.07, 6.45) is 0.829. The second kappa shape index (κ2) is 3.47. The van der Waals surface area contributed by atoms with Gasteiger partial charge in [0.15, 0.2) is 9.84 Å². The van der Waals surface area contributed by atoms with Crippen molar-refractivity contribution in [2.24, 2.45) is 16.7 Å². The highest BCUT2D eigenvalue weighted by Gasteiger charge is 2.47. The molecule has 0 amide bonds. The fourth-order valence-electron chi connectivity index (χ4n) is 2.37. The van der Waals surface area contributed by atoms with Crippen molar-refractivity contribution in [3.05, 3.63) is 0 Å². The van der Waals surface area contributed by atoms with Gasteiger partial charge in [0.2, 0.25) is 0 Å². The van der Waals surface area contributed by atoms with Gasteiger partial charge in [-0.1, -0.05) is 41.5 Å². The molecule has 0 aliphatic carbocycles. The van der Waals surface area contributed by atoms with Crippen molar-refractivity contribution in [3.63, 3.8) is 0 Å². The van der Waals surface area contributed by atoms with Crippen molar-refractivity contribution < 1.29 is 8.42 Å². The molecule has 0 saturated carbocycles. The van der Waals surface area contributed by atoms with Gasteiger partial charge >= 0.3 is 0 Å². The van der Waals surface area contributed by atoms with Crippen LogP contribution < -0.4 is 0 Å². The fraction of sp³-hybridized carbons (Fsp3) is 1.00. The van der Waals surface area contributed by atoms with E-state index in [1.54, 1.807) is 0 Å². The molecule has 0 bridgehead atoms. The summed E-state index contributed by atoms with van der Waals surface area (Å²) in [5, 5.41) is -0.158. The number of sulfone groups is 1. The largest absolute Gasteiger partial charge is 0.229 e. The highest BCUT2D eigenvalue weighted by Crippen LogP contribution is 2.44. The molecule has 0 aromatic rings. The molecule has 0 spiro atoms. The summed E-state index contributed by atoms with van der Waals surface area (Å²) in [4.78, 5) is 0. The Labute approximate surface area is 94.4 Å². The van der Waals surface area contributed by atoms with E-state index in [4.69, 9.17) is 0 Å². The smallest absolute Gasteiger partial charge is 0.153 e. The van der Waals surface area contributed by atoms with Crippen molar-refractivity contribution in [2.45, 2.75) is 53.2 Å². The molecular formula is C12H24O2S.